The molecule has 2 rings (SSSR count). The van der Waals surface area contributed by atoms with Gasteiger partial charge in [-0.2, -0.15) is 0 Å². The first-order chi connectivity index (χ1) is 9.63. The van der Waals surface area contributed by atoms with Gasteiger partial charge in [0.05, 0.1) is 11.6 Å². The smallest absolute Gasteiger partial charge is 0.133 e. The third kappa shape index (κ3) is 3.96. The highest BCUT2D eigenvalue weighted by molar-refractivity contribution is 9.10. The number of hydrogen-bond donors (Lipinski definition) is 1. The minimum Gasteiger partial charge on any atom is -0.496 e. The molecule has 0 unspecified atom stereocenters. The van der Waals surface area contributed by atoms with Crippen LogP contribution in [0.25, 0.3) is 0 Å². The van der Waals surface area contributed by atoms with E-state index in [-0.39, 0.29) is 0 Å². The monoisotopic (exact) mass is 340 g/mol. The van der Waals surface area contributed by atoms with Gasteiger partial charge in [-0.3, -0.25) is 4.90 Å². The zero-order valence-electron chi connectivity index (χ0n) is 12.4. The van der Waals surface area contributed by atoms with Gasteiger partial charge in [0.1, 0.15) is 5.75 Å². The summed E-state index contributed by atoms with van der Waals surface area (Å²) in [5.74, 6) is 0.889. The lowest BCUT2D eigenvalue weighted by atomic mass is 9.90. The molecule has 0 amide bonds. The Hall–Kier alpha value is -0.580. The second-order valence-electron chi connectivity index (χ2n) is 5.60. The van der Waals surface area contributed by atoms with Crippen LogP contribution in [0.1, 0.15) is 38.2 Å². The van der Waals surface area contributed by atoms with E-state index in [9.17, 15) is 0 Å². The normalized spacial score (nSPS) is 23.1. The van der Waals surface area contributed by atoms with E-state index in [2.05, 4.69) is 39.9 Å². The molecule has 1 fully saturated rings. The lowest BCUT2D eigenvalue weighted by molar-refractivity contribution is 0.149. The predicted molar refractivity (Wildman–Crippen MR) is 87.0 cm³/mol. The molecule has 20 heavy (non-hydrogen) atoms. The molecule has 0 spiro atoms. The first kappa shape index (κ1) is 15.8. The van der Waals surface area contributed by atoms with Crippen LogP contribution >= 0.6 is 15.9 Å². The van der Waals surface area contributed by atoms with E-state index in [1.807, 2.05) is 6.07 Å². The van der Waals surface area contributed by atoms with E-state index in [4.69, 9.17) is 10.5 Å². The fourth-order valence-electron chi connectivity index (χ4n) is 3.01. The van der Waals surface area contributed by atoms with Crippen molar-refractivity contribution < 1.29 is 4.74 Å². The molecule has 1 aromatic rings. The van der Waals surface area contributed by atoms with Crippen molar-refractivity contribution in [2.45, 2.75) is 51.2 Å². The number of nitrogens with two attached hydrogens (primary N) is 1. The molecule has 0 aromatic heterocycles. The molecule has 112 valence electrons. The van der Waals surface area contributed by atoms with E-state index in [1.54, 1.807) is 7.11 Å². The van der Waals surface area contributed by atoms with E-state index in [0.29, 0.717) is 12.1 Å². The largest absolute Gasteiger partial charge is 0.496 e. The standard InChI is InChI=1S/C16H25BrN2O/c1-3-19(14-7-5-13(18)6-8-14)11-12-4-9-16(20-2)15(17)10-12/h4,9-10,13-14H,3,5-8,11,18H2,1-2H3. The fraction of sp³-hybridized carbons (Fsp3) is 0.625. The quantitative estimate of drug-likeness (QED) is 0.890. The number of ether oxygens (including phenoxy) is 1. The van der Waals surface area contributed by atoms with Crippen molar-refractivity contribution in [2.24, 2.45) is 5.73 Å². The van der Waals surface area contributed by atoms with Gasteiger partial charge in [0.15, 0.2) is 0 Å². The molecule has 0 radical (unpaired) electrons. The van der Waals surface area contributed by atoms with Crippen LogP contribution in [0.3, 0.4) is 0 Å². The maximum atomic E-state index is 6.00. The van der Waals surface area contributed by atoms with Gasteiger partial charge < -0.3 is 10.5 Å². The van der Waals surface area contributed by atoms with Crippen LogP contribution in [-0.2, 0) is 6.54 Å². The first-order valence-corrected chi connectivity index (χ1v) is 8.25. The summed E-state index contributed by atoms with van der Waals surface area (Å²) in [6, 6.07) is 7.45. The molecule has 0 atom stereocenters. The van der Waals surface area contributed by atoms with Crippen LogP contribution in [0.4, 0.5) is 0 Å². The van der Waals surface area contributed by atoms with Crippen LogP contribution in [0.2, 0.25) is 0 Å². The van der Waals surface area contributed by atoms with Crippen molar-refractivity contribution in [3.8, 4) is 5.75 Å². The Morgan fingerprint density at radius 2 is 2.00 bits per heavy atom. The fourth-order valence-corrected chi connectivity index (χ4v) is 3.60. The van der Waals surface area contributed by atoms with Crippen molar-refractivity contribution in [3.05, 3.63) is 28.2 Å². The molecule has 3 nitrogen and oxygen atoms in total. The number of halogens is 1. The Labute approximate surface area is 130 Å². The zero-order valence-corrected chi connectivity index (χ0v) is 14.0. The van der Waals surface area contributed by atoms with Gasteiger partial charge in [-0.15, -0.1) is 0 Å². The number of rotatable bonds is 5. The highest BCUT2D eigenvalue weighted by Gasteiger charge is 2.23. The van der Waals surface area contributed by atoms with Crippen LogP contribution in [0.15, 0.2) is 22.7 Å². The summed E-state index contributed by atoms with van der Waals surface area (Å²) >= 11 is 3.56. The topological polar surface area (TPSA) is 38.5 Å². The molecular weight excluding hydrogens is 316 g/mol. The van der Waals surface area contributed by atoms with E-state index in [1.165, 1.54) is 18.4 Å². The SMILES string of the molecule is CCN(Cc1ccc(OC)c(Br)c1)C1CCC(N)CC1. The predicted octanol–water partition coefficient (Wildman–Crippen LogP) is 3.55. The van der Waals surface area contributed by atoms with Crippen LogP contribution < -0.4 is 10.5 Å². The lowest BCUT2D eigenvalue weighted by Crippen LogP contribution is -2.40. The second kappa shape index (κ2) is 7.43. The van der Waals surface area contributed by atoms with Gasteiger partial charge in [0, 0.05) is 18.6 Å². The van der Waals surface area contributed by atoms with Gasteiger partial charge in [-0.1, -0.05) is 13.0 Å². The number of methoxy groups -OCH3 is 1. The van der Waals surface area contributed by atoms with Crippen molar-refractivity contribution >= 4 is 15.9 Å². The Balaban J connectivity index is 2.00. The number of nitrogens with zero attached hydrogens (tertiary/aromatic N) is 1. The van der Waals surface area contributed by atoms with Crippen LogP contribution in [-0.4, -0.2) is 30.6 Å². The van der Waals surface area contributed by atoms with E-state index < -0.39 is 0 Å². The minimum atomic E-state index is 0.417. The Kier molecular flexibility index (Phi) is 5.87. The average molecular weight is 341 g/mol. The Morgan fingerprint density at radius 3 is 2.55 bits per heavy atom. The van der Waals surface area contributed by atoms with Crippen molar-refractivity contribution in [1.82, 2.24) is 4.90 Å². The first-order valence-electron chi connectivity index (χ1n) is 7.46. The molecule has 0 bridgehead atoms. The van der Waals surface area contributed by atoms with Gasteiger partial charge in [0.25, 0.3) is 0 Å². The third-order valence-corrected chi connectivity index (χ3v) is 4.89. The minimum absolute atomic E-state index is 0.417. The Bertz CT molecular complexity index is 430. The van der Waals surface area contributed by atoms with E-state index in [0.717, 1.165) is 36.2 Å². The maximum Gasteiger partial charge on any atom is 0.133 e. The summed E-state index contributed by atoms with van der Waals surface area (Å²) in [6.07, 6.45) is 4.78. The maximum absolute atomic E-state index is 6.00. The number of benzene rings is 1. The molecule has 0 aliphatic heterocycles. The molecule has 0 heterocycles. The molecule has 0 saturated heterocycles. The molecular formula is C16H25BrN2O. The highest BCUT2D eigenvalue weighted by Crippen LogP contribution is 2.28. The van der Waals surface area contributed by atoms with Crippen LogP contribution in [0, 0.1) is 0 Å². The van der Waals surface area contributed by atoms with Gasteiger partial charge in [0.2, 0.25) is 0 Å². The molecule has 1 aromatic carbocycles. The molecule has 1 aliphatic rings. The van der Waals surface area contributed by atoms with Crippen molar-refractivity contribution in [2.75, 3.05) is 13.7 Å². The van der Waals surface area contributed by atoms with Gasteiger partial charge >= 0.3 is 0 Å². The van der Waals surface area contributed by atoms with Crippen LogP contribution in [0.5, 0.6) is 5.75 Å². The summed E-state index contributed by atoms with van der Waals surface area (Å²) in [5.41, 5.74) is 7.33. The summed E-state index contributed by atoms with van der Waals surface area (Å²) in [6.45, 7) is 4.33. The highest BCUT2D eigenvalue weighted by atomic mass is 79.9. The molecule has 2 N–H and O–H groups in total. The Morgan fingerprint density at radius 1 is 1.30 bits per heavy atom. The molecule has 4 heteroatoms. The summed E-state index contributed by atoms with van der Waals surface area (Å²) in [7, 11) is 1.70. The third-order valence-electron chi connectivity index (χ3n) is 4.27. The average Bonchev–Trinajstić information content (AvgIpc) is 2.46. The summed E-state index contributed by atoms with van der Waals surface area (Å²) in [4.78, 5) is 2.57. The number of hydrogen-bond acceptors (Lipinski definition) is 3. The second-order valence-corrected chi connectivity index (χ2v) is 6.45. The lowest BCUT2D eigenvalue weighted by Gasteiger charge is -2.35. The summed E-state index contributed by atoms with van der Waals surface area (Å²) in [5, 5.41) is 0. The molecule has 1 saturated carbocycles. The van der Waals surface area contributed by atoms with Gasteiger partial charge in [-0.05, 0) is 65.9 Å². The van der Waals surface area contributed by atoms with Crippen molar-refractivity contribution in [3.63, 3.8) is 0 Å². The van der Waals surface area contributed by atoms with Crippen molar-refractivity contribution in [1.29, 1.82) is 0 Å². The zero-order chi connectivity index (χ0) is 14.5. The molecule has 1 aliphatic carbocycles. The van der Waals surface area contributed by atoms with Gasteiger partial charge in [-0.25, -0.2) is 0 Å². The summed E-state index contributed by atoms with van der Waals surface area (Å²) < 4.78 is 6.31. The van der Waals surface area contributed by atoms with E-state index >= 15 is 0 Å².